The van der Waals surface area contributed by atoms with Crippen LogP contribution in [0.15, 0.2) is 48.8 Å². The third-order valence-corrected chi connectivity index (χ3v) is 6.81. The molecule has 0 spiro atoms. The summed E-state index contributed by atoms with van der Waals surface area (Å²) in [5, 5.41) is 0. The fraction of sp³-hybridized carbons (Fsp3) is 0.500. The maximum atomic E-state index is 13.2. The molecule has 2 aliphatic heterocycles. The molecule has 2 amide bonds. The average molecular weight is 435 g/mol. The molecule has 0 N–H and O–H groups in total. The summed E-state index contributed by atoms with van der Waals surface area (Å²) in [4.78, 5) is 36.6. The van der Waals surface area contributed by atoms with Crippen LogP contribution in [0, 0.1) is 5.92 Å². The zero-order valence-electron chi connectivity index (χ0n) is 19.4. The molecule has 4 rings (SSSR count). The summed E-state index contributed by atoms with van der Waals surface area (Å²) in [6, 6.07) is 12.8. The molecular weight excluding hydrogens is 400 g/mol. The van der Waals surface area contributed by atoms with Gasteiger partial charge in [-0.1, -0.05) is 38.1 Å². The van der Waals surface area contributed by atoms with Gasteiger partial charge in [0.05, 0.1) is 0 Å². The third-order valence-electron chi connectivity index (χ3n) is 6.81. The molecule has 2 aromatic rings. The van der Waals surface area contributed by atoms with Gasteiger partial charge in [0.15, 0.2) is 0 Å². The van der Waals surface area contributed by atoms with Gasteiger partial charge in [-0.05, 0) is 42.5 Å². The number of para-hydroxylation sites is 1. The van der Waals surface area contributed by atoms with E-state index in [9.17, 15) is 9.59 Å². The number of rotatable bonds is 3. The Labute approximate surface area is 191 Å². The molecule has 0 radical (unpaired) electrons. The van der Waals surface area contributed by atoms with Gasteiger partial charge in [-0.2, -0.15) is 0 Å². The van der Waals surface area contributed by atoms with Gasteiger partial charge < -0.3 is 9.80 Å². The second kappa shape index (κ2) is 9.82. The van der Waals surface area contributed by atoms with Gasteiger partial charge in [0, 0.05) is 69.2 Å². The molecule has 1 fully saturated rings. The van der Waals surface area contributed by atoms with Crippen LogP contribution in [0.1, 0.15) is 51.2 Å². The zero-order valence-corrected chi connectivity index (χ0v) is 19.4. The lowest BCUT2D eigenvalue weighted by molar-refractivity contribution is -0.136. The molecule has 170 valence electrons. The van der Waals surface area contributed by atoms with Crippen LogP contribution in [0.4, 0.5) is 5.69 Å². The van der Waals surface area contributed by atoms with E-state index >= 15 is 0 Å². The maximum absolute atomic E-state index is 13.2. The van der Waals surface area contributed by atoms with Crippen molar-refractivity contribution in [3.05, 3.63) is 59.9 Å². The van der Waals surface area contributed by atoms with Crippen LogP contribution in [0.25, 0.3) is 0 Å². The molecule has 0 saturated carbocycles. The lowest BCUT2D eigenvalue weighted by Gasteiger charge is -2.34. The monoisotopic (exact) mass is 434 g/mol. The van der Waals surface area contributed by atoms with E-state index in [-0.39, 0.29) is 17.7 Å². The van der Waals surface area contributed by atoms with E-state index in [1.54, 1.807) is 13.1 Å². The number of pyridine rings is 1. The van der Waals surface area contributed by atoms with Crippen LogP contribution in [0.3, 0.4) is 0 Å². The SMILES string of the molecule is CC(=O)N1CCC2CCC(CN(C(=O)C(C)C)Cc3ccccc31)N2Cc1cccnc1. The normalized spacial score (nSPS) is 21.9. The highest BCUT2D eigenvalue weighted by Crippen LogP contribution is 2.32. The fourth-order valence-corrected chi connectivity index (χ4v) is 5.17. The van der Waals surface area contributed by atoms with Crippen molar-refractivity contribution < 1.29 is 9.59 Å². The first kappa shape index (κ1) is 22.5. The summed E-state index contributed by atoms with van der Waals surface area (Å²) in [5.41, 5.74) is 3.15. The van der Waals surface area contributed by atoms with E-state index in [2.05, 4.69) is 22.0 Å². The van der Waals surface area contributed by atoms with Crippen molar-refractivity contribution in [2.75, 3.05) is 18.0 Å². The molecule has 2 aliphatic rings. The number of carbonyl (C=O) groups is 2. The Hall–Kier alpha value is -2.73. The molecule has 2 bridgehead atoms. The predicted octanol–water partition coefficient (Wildman–Crippen LogP) is 3.86. The van der Waals surface area contributed by atoms with Crippen molar-refractivity contribution in [3.8, 4) is 0 Å². The van der Waals surface area contributed by atoms with Crippen LogP contribution >= 0.6 is 0 Å². The molecule has 3 heterocycles. The molecule has 6 nitrogen and oxygen atoms in total. The van der Waals surface area contributed by atoms with E-state index in [0.717, 1.165) is 37.1 Å². The standard InChI is InChI=1S/C26H34N4O2/c1-19(2)26(32)28-17-22-8-4-5-9-25(22)29(20(3)31)14-12-23-10-11-24(18-28)30(23)16-21-7-6-13-27-15-21/h4-9,13,15,19,23-24H,10-12,14,16-18H2,1-3H3. The molecule has 2 atom stereocenters. The maximum Gasteiger partial charge on any atom is 0.225 e. The Kier molecular flexibility index (Phi) is 6.89. The lowest BCUT2D eigenvalue weighted by Crippen LogP contribution is -2.45. The molecule has 2 unspecified atom stereocenters. The number of hydrogen-bond acceptors (Lipinski definition) is 4. The van der Waals surface area contributed by atoms with Crippen molar-refractivity contribution in [1.29, 1.82) is 0 Å². The van der Waals surface area contributed by atoms with E-state index in [1.165, 1.54) is 5.56 Å². The molecule has 32 heavy (non-hydrogen) atoms. The average Bonchev–Trinajstić information content (AvgIpc) is 3.13. The Morgan fingerprint density at radius 2 is 1.84 bits per heavy atom. The van der Waals surface area contributed by atoms with Gasteiger partial charge >= 0.3 is 0 Å². The van der Waals surface area contributed by atoms with Gasteiger partial charge in [-0.15, -0.1) is 0 Å². The minimum Gasteiger partial charge on any atom is -0.337 e. The Morgan fingerprint density at radius 1 is 1.06 bits per heavy atom. The van der Waals surface area contributed by atoms with E-state index < -0.39 is 0 Å². The van der Waals surface area contributed by atoms with Crippen molar-refractivity contribution in [2.24, 2.45) is 5.92 Å². The second-order valence-electron chi connectivity index (χ2n) is 9.38. The molecule has 1 aromatic carbocycles. The van der Waals surface area contributed by atoms with E-state index in [1.807, 2.05) is 54.1 Å². The highest BCUT2D eigenvalue weighted by atomic mass is 16.2. The minimum absolute atomic E-state index is 0.0480. The summed E-state index contributed by atoms with van der Waals surface area (Å²) < 4.78 is 0. The molecular formula is C26H34N4O2. The Morgan fingerprint density at radius 3 is 2.56 bits per heavy atom. The highest BCUT2D eigenvalue weighted by molar-refractivity contribution is 5.92. The number of anilines is 1. The largest absolute Gasteiger partial charge is 0.337 e. The summed E-state index contributed by atoms with van der Waals surface area (Å²) >= 11 is 0. The first-order chi connectivity index (χ1) is 15.4. The van der Waals surface area contributed by atoms with Crippen LogP contribution in [-0.4, -0.2) is 51.8 Å². The minimum atomic E-state index is -0.0693. The quantitative estimate of drug-likeness (QED) is 0.736. The van der Waals surface area contributed by atoms with Crippen molar-refractivity contribution in [2.45, 2.75) is 65.2 Å². The number of amides is 2. The molecule has 1 saturated heterocycles. The van der Waals surface area contributed by atoms with Gasteiger partial charge in [0.25, 0.3) is 0 Å². The first-order valence-electron chi connectivity index (χ1n) is 11.7. The first-order valence-corrected chi connectivity index (χ1v) is 11.7. The number of aromatic nitrogens is 1. The lowest BCUT2D eigenvalue weighted by atomic mass is 10.1. The highest BCUT2D eigenvalue weighted by Gasteiger charge is 2.36. The molecule has 0 aliphatic carbocycles. The van der Waals surface area contributed by atoms with Crippen molar-refractivity contribution in [3.63, 3.8) is 0 Å². The van der Waals surface area contributed by atoms with Crippen molar-refractivity contribution >= 4 is 17.5 Å². The summed E-state index contributed by atoms with van der Waals surface area (Å²) in [7, 11) is 0. The Balaban J connectivity index is 1.71. The smallest absolute Gasteiger partial charge is 0.225 e. The number of hydrogen-bond donors (Lipinski definition) is 0. The summed E-state index contributed by atoms with van der Waals surface area (Å²) in [5.74, 6) is 0.144. The summed E-state index contributed by atoms with van der Waals surface area (Å²) in [6.07, 6.45) is 6.80. The molecule has 6 heteroatoms. The van der Waals surface area contributed by atoms with Crippen LogP contribution in [0.5, 0.6) is 0 Å². The number of fused-ring (bicyclic) bond motifs is 3. The second-order valence-corrected chi connectivity index (χ2v) is 9.38. The summed E-state index contributed by atoms with van der Waals surface area (Å²) in [6.45, 7) is 8.31. The van der Waals surface area contributed by atoms with Gasteiger partial charge in [0.2, 0.25) is 11.8 Å². The van der Waals surface area contributed by atoms with Gasteiger partial charge in [-0.3, -0.25) is 19.5 Å². The van der Waals surface area contributed by atoms with Crippen LogP contribution in [-0.2, 0) is 22.7 Å². The van der Waals surface area contributed by atoms with Crippen LogP contribution in [0.2, 0.25) is 0 Å². The number of carbonyl (C=O) groups excluding carboxylic acids is 2. The van der Waals surface area contributed by atoms with Gasteiger partial charge in [0.1, 0.15) is 0 Å². The van der Waals surface area contributed by atoms with E-state index in [4.69, 9.17) is 0 Å². The predicted molar refractivity (Wildman–Crippen MR) is 126 cm³/mol. The van der Waals surface area contributed by atoms with Gasteiger partial charge in [-0.25, -0.2) is 0 Å². The molecule has 1 aromatic heterocycles. The number of benzene rings is 1. The fourth-order valence-electron chi connectivity index (χ4n) is 5.17. The zero-order chi connectivity index (χ0) is 22.7. The third kappa shape index (κ3) is 4.85. The van der Waals surface area contributed by atoms with Crippen LogP contribution < -0.4 is 4.90 Å². The Bertz CT molecular complexity index is 946. The number of nitrogens with zero attached hydrogens (tertiary/aromatic N) is 4. The van der Waals surface area contributed by atoms with E-state index in [0.29, 0.717) is 31.7 Å². The topological polar surface area (TPSA) is 56.8 Å². The van der Waals surface area contributed by atoms with Crippen molar-refractivity contribution in [1.82, 2.24) is 14.8 Å².